The van der Waals surface area contributed by atoms with Crippen molar-refractivity contribution in [2.24, 2.45) is 0 Å². The second-order valence-electron chi connectivity index (χ2n) is 7.39. The van der Waals surface area contributed by atoms with Crippen LogP contribution < -0.4 is 5.32 Å². The molecule has 1 N–H and O–H groups in total. The molecule has 2 aromatic rings. The van der Waals surface area contributed by atoms with Gasteiger partial charge in [-0.1, -0.05) is 31.4 Å². The molecule has 1 fully saturated rings. The van der Waals surface area contributed by atoms with E-state index in [2.05, 4.69) is 16.1 Å². The summed E-state index contributed by atoms with van der Waals surface area (Å²) >= 11 is 0. The average molecular weight is 353 g/mol. The summed E-state index contributed by atoms with van der Waals surface area (Å²) in [5.41, 5.74) is 2.82. The molecule has 2 heterocycles. The number of imidazole rings is 1. The van der Waals surface area contributed by atoms with Crippen molar-refractivity contribution in [2.45, 2.75) is 64.0 Å². The number of carbonyl (C=O) groups is 1. The van der Waals surface area contributed by atoms with Gasteiger partial charge in [0, 0.05) is 30.4 Å². The predicted molar refractivity (Wildman–Crippen MR) is 102 cm³/mol. The van der Waals surface area contributed by atoms with Gasteiger partial charge in [0.2, 0.25) is 5.91 Å². The maximum atomic E-state index is 12.2. The molecule has 26 heavy (non-hydrogen) atoms. The van der Waals surface area contributed by atoms with E-state index in [1.807, 2.05) is 24.3 Å². The number of carbonyl (C=O) groups excluding carboxylic acids is 1. The summed E-state index contributed by atoms with van der Waals surface area (Å²) in [7, 11) is 0. The van der Waals surface area contributed by atoms with Gasteiger partial charge >= 0.3 is 0 Å². The lowest BCUT2D eigenvalue weighted by atomic mass is 9.98. The maximum Gasteiger partial charge on any atom is 0.250 e. The highest BCUT2D eigenvalue weighted by Crippen LogP contribution is 2.25. The Bertz CT molecular complexity index is 739. The minimum absolute atomic E-state index is 0.0862. The fourth-order valence-electron chi connectivity index (χ4n) is 3.93. The first-order valence-corrected chi connectivity index (χ1v) is 9.86. The van der Waals surface area contributed by atoms with Crippen molar-refractivity contribution in [3.8, 4) is 11.3 Å². The van der Waals surface area contributed by atoms with Crippen LogP contribution >= 0.6 is 0 Å². The largest absolute Gasteiger partial charge is 0.368 e. The average Bonchev–Trinajstić information content (AvgIpc) is 3.12. The highest BCUT2D eigenvalue weighted by molar-refractivity contribution is 5.92. The van der Waals surface area contributed by atoms with Crippen LogP contribution in [0.2, 0.25) is 0 Å². The molecule has 1 aliphatic heterocycles. The number of aromatic nitrogens is 2. The Labute approximate surface area is 154 Å². The Balaban J connectivity index is 1.37. The normalized spacial score (nSPS) is 17.7. The monoisotopic (exact) mass is 353 g/mol. The van der Waals surface area contributed by atoms with E-state index < -0.39 is 0 Å². The summed E-state index contributed by atoms with van der Waals surface area (Å²) in [5, 5.41) is 2.95. The number of anilines is 1. The molecule has 0 spiro atoms. The number of ether oxygens (including phenoxy) is 1. The van der Waals surface area contributed by atoms with Crippen molar-refractivity contribution < 1.29 is 9.53 Å². The summed E-state index contributed by atoms with van der Waals surface area (Å²) in [6, 6.07) is 7.92. The molecule has 0 unspecified atom stereocenters. The van der Waals surface area contributed by atoms with E-state index in [0.717, 1.165) is 42.8 Å². The van der Waals surface area contributed by atoms with Crippen LogP contribution in [0, 0.1) is 0 Å². The van der Waals surface area contributed by atoms with Crippen molar-refractivity contribution in [1.82, 2.24) is 9.55 Å². The van der Waals surface area contributed by atoms with Crippen LogP contribution in [0.5, 0.6) is 0 Å². The number of hydrogen-bond acceptors (Lipinski definition) is 3. The van der Waals surface area contributed by atoms with Gasteiger partial charge in [-0.3, -0.25) is 4.79 Å². The molecule has 1 aliphatic carbocycles. The molecule has 1 aromatic heterocycles. The number of amides is 1. The highest BCUT2D eigenvalue weighted by atomic mass is 16.5. The third kappa shape index (κ3) is 4.15. The van der Waals surface area contributed by atoms with Gasteiger partial charge in [-0.15, -0.1) is 0 Å². The molecule has 5 heteroatoms. The Hall–Kier alpha value is -2.14. The number of nitrogens with one attached hydrogen (secondary N) is 1. The second kappa shape index (κ2) is 8.04. The number of fused-ring (bicyclic) bond motifs is 1. The molecule has 1 aromatic carbocycles. The van der Waals surface area contributed by atoms with Crippen LogP contribution in [0.3, 0.4) is 0 Å². The summed E-state index contributed by atoms with van der Waals surface area (Å²) < 4.78 is 8.01. The highest BCUT2D eigenvalue weighted by Gasteiger charge is 2.16. The van der Waals surface area contributed by atoms with Crippen LogP contribution in [-0.4, -0.2) is 28.2 Å². The van der Waals surface area contributed by atoms with E-state index >= 15 is 0 Å². The predicted octanol–water partition coefficient (Wildman–Crippen LogP) is 4.17. The molecule has 0 bridgehead atoms. The van der Waals surface area contributed by atoms with Crippen LogP contribution in [0.15, 0.2) is 30.5 Å². The fourth-order valence-corrected chi connectivity index (χ4v) is 3.93. The Kier molecular flexibility index (Phi) is 5.34. The van der Waals surface area contributed by atoms with Crippen LogP contribution in [0.1, 0.15) is 50.8 Å². The SMILES string of the molecule is O=C(COC1CCCCC1)Nc1cccc(-c2cn3c(n2)CCCC3)c1. The Morgan fingerprint density at radius 2 is 2.08 bits per heavy atom. The summed E-state index contributed by atoms with van der Waals surface area (Å²) in [6.45, 7) is 1.19. The van der Waals surface area contributed by atoms with Gasteiger partial charge in [0.05, 0.1) is 11.8 Å². The molecule has 1 saturated carbocycles. The number of benzene rings is 1. The Morgan fingerprint density at radius 1 is 1.19 bits per heavy atom. The first-order valence-electron chi connectivity index (χ1n) is 9.86. The zero-order valence-electron chi connectivity index (χ0n) is 15.2. The lowest BCUT2D eigenvalue weighted by Gasteiger charge is -2.21. The summed E-state index contributed by atoms with van der Waals surface area (Å²) in [6.07, 6.45) is 11.7. The van der Waals surface area contributed by atoms with E-state index in [0.29, 0.717) is 0 Å². The van der Waals surface area contributed by atoms with Crippen molar-refractivity contribution >= 4 is 11.6 Å². The molecule has 2 aliphatic rings. The van der Waals surface area contributed by atoms with Gasteiger partial charge in [-0.2, -0.15) is 0 Å². The van der Waals surface area contributed by atoms with Crippen LogP contribution in [-0.2, 0) is 22.5 Å². The van der Waals surface area contributed by atoms with Gasteiger partial charge in [0.1, 0.15) is 12.4 Å². The number of rotatable bonds is 5. The van der Waals surface area contributed by atoms with Crippen molar-refractivity contribution in [2.75, 3.05) is 11.9 Å². The van der Waals surface area contributed by atoms with Gasteiger partial charge in [0.15, 0.2) is 0 Å². The minimum Gasteiger partial charge on any atom is -0.368 e. The summed E-state index contributed by atoms with van der Waals surface area (Å²) in [4.78, 5) is 17.0. The van der Waals surface area contributed by atoms with Gasteiger partial charge in [-0.25, -0.2) is 4.98 Å². The Morgan fingerprint density at radius 3 is 2.92 bits per heavy atom. The molecule has 138 valence electrons. The zero-order valence-corrected chi connectivity index (χ0v) is 15.2. The maximum absolute atomic E-state index is 12.2. The molecule has 1 amide bonds. The molecule has 0 radical (unpaired) electrons. The molecular weight excluding hydrogens is 326 g/mol. The first-order chi connectivity index (χ1) is 12.8. The first kappa shape index (κ1) is 17.3. The van der Waals surface area contributed by atoms with E-state index in [1.54, 1.807) is 0 Å². The lowest BCUT2D eigenvalue weighted by molar-refractivity contribution is -0.123. The smallest absolute Gasteiger partial charge is 0.250 e. The third-order valence-corrected chi connectivity index (χ3v) is 5.35. The van der Waals surface area contributed by atoms with E-state index in [4.69, 9.17) is 9.72 Å². The minimum atomic E-state index is -0.0862. The number of aryl methyl sites for hydroxylation is 2. The van der Waals surface area contributed by atoms with Crippen LogP contribution in [0.25, 0.3) is 11.3 Å². The summed E-state index contributed by atoms with van der Waals surface area (Å²) in [5.74, 6) is 1.08. The van der Waals surface area contributed by atoms with E-state index in [9.17, 15) is 4.79 Å². The molecule has 5 nitrogen and oxygen atoms in total. The number of nitrogens with zero attached hydrogens (tertiary/aromatic N) is 2. The van der Waals surface area contributed by atoms with Gasteiger partial charge in [0.25, 0.3) is 0 Å². The van der Waals surface area contributed by atoms with E-state index in [-0.39, 0.29) is 18.6 Å². The third-order valence-electron chi connectivity index (χ3n) is 5.35. The fraction of sp³-hybridized carbons (Fsp3) is 0.524. The topological polar surface area (TPSA) is 56.1 Å². The molecular formula is C21H27N3O2. The van der Waals surface area contributed by atoms with Crippen molar-refractivity contribution in [1.29, 1.82) is 0 Å². The standard InChI is InChI=1S/C21H27N3O2/c25-21(15-26-18-9-2-1-3-10-18)22-17-8-6-7-16(13-17)19-14-24-12-5-4-11-20(24)23-19/h6-8,13-14,18H,1-5,9-12,15H2,(H,22,25). The quantitative estimate of drug-likeness (QED) is 0.877. The second-order valence-corrected chi connectivity index (χ2v) is 7.39. The lowest BCUT2D eigenvalue weighted by Crippen LogP contribution is -2.24. The molecule has 4 rings (SSSR count). The van der Waals surface area contributed by atoms with Gasteiger partial charge in [-0.05, 0) is 37.8 Å². The van der Waals surface area contributed by atoms with Crippen molar-refractivity contribution in [3.63, 3.8) is 0 Å². The zero-order chi connectivity index (χ0) is 17.8. The molecule has 0 saturated heterocycles. The number of hydrogen-bond donors (Lipinski definition) is 1. The van der Waals surface area contributed by atoms with Crippen molar-refractivity contribution in [3.05, 3.63) is 36.3 Å². The van der Waals surface area contributed by atoms with Gasteiger partial charge < -0.3 is 14.6 Å². The van der Waals surface area contributed by atoms with E-state index in [1.165, 1.54) is 37.9 Å². The molecule has 0 atom stereocenters. The van der Waals surface area contributed by atoms with Crippen LogP contribution in [0.4, 0.5) is 5.69 Å².